The van der Waals surface area contributed by atoms with Crippen LogP contribution in [0.3, 0.4) is 0 Å². The molecule has 0 aromatic heterocycles. The molecular weight excluding hydrogens is 465 g/mol. The maximum Gasteiger partial charge on any atom is 0.191 e. The topological polar surface area (TPSA) is 54.9 Å². The van der Waals surface area contributed by atoms with Gasteiger partial charge >= 0.3 is 0 Å². The van der Waals surface area contributed by atoms with E-state index in [0.29, 0.717) is 11.6 Å². The van der Waals surface area contributed by atoms with Crippen molar-refractivity contribution in [3.8, 4) is 5.75 Å². The maximum atomic E-state index is 5.89. The Balaban J connectivity index is 0.00000338. The molecule has 1 aromatic rings. The van der Waals surface area contributed by atoms with Crippen molar-refractivity contribution in [2.45, 2.75) is 32.8 Å². The Morgan fingerprint density at radius 3 is 2.73 bits per heavy atom. The second-order valence-electron chi connectivity index (χ2n) is 5.97. The lowest BCUT2D eigenvalue weighted by Gasteiger charge is -2.17. The molecule has 1 aromatic carbocycles. The van der Waals surface area contributed by atoms with Gasteiger partial charge in [0.05, 0.1) is 19.8 Å². The second-order valence-corrected chi connectivity index (χ2v) is 6.40. The number of rotatable bonds is 8. The van der Waals surface area contributed by atoms with Gasteiger partial charge in [-0.2, -0.15) is 0 Å². The summed E-state index contributed by atoms with van der Waals surface area (Å²) in [5, 5.41) is 7.35. The van der Waals surface area contributed by atoms with Gasteiger partial charge in [0.25, 0.3) is 0 Å². The van der Waals surface area contributed by atoms with Crippen molar-refractivity contribution in [1.29, 1.82) is 0 Å². The lowest BCUT2D eigenvalue weighted by Crippen LogP contribution is -2.38. The standard InChI is InChI=1S/C19H28ClN3O2.HI/c1-3-21-19(22-11-8-16-9-12-24-13-10-16)23-14-15(2)25-18-6-4-17(20)5-7-18;/h4-7,9,15H,3,8,10-14H2,1-2H3,(H2,21,22,23);1H. The Morgan fingerprint density at radius 2 is 2.08 bits per heavy atom. The lowest BCUT2D eigenvalue weighted by atomic mass is 10.1. The Hall–Kier alpha value is -0.990. The van der Waals surface area contributed by atoms with Crippen molar-refractivity contribution < 1.29 is 9.47 Å². The summed E-state index contributed by atoms with van der Waals surface area (Å²) in [6.45, 7) is 7.91. The third kappa shape index (κ3) is 9.09. The van der Waals surface area contributed by atoms with E-state index in [0.717, 1.165) is 50.9 Å². The number of nitrogens with one attached hydrogen (secondary N) is 2. The molecule has 0 fully saturated rings. The molecule has 1 unspecified atom stereocenters. The van der Waals surface area contributed by atoms with Crippen molar-refractivity contribution in [2.75, 3.05) is 32.8 Å². The van der Waals surface area contributed by atoms with Gasteiger partial charge in [-0.05, 0) is 51.0 Å². The minimum atomic E-state index is -0.0187. The van der Waals surface area contributed by atoms with E-state index in [1.165, 1.54) is 5.57 Å². The zero-order valence-corrected chi connectivity index (χ0v) is 18.6. The molecule has 26 heavy (non-hydrogen) atoms. The van der Waals surface area contributed by atoms with Crippen LogP contribution >= 0.6 is 35.6 Å². The van der Waals surface area contributed by atoms with Crippen molar-refractivity contribution >= 4 is 41.5 Å². The first kappa shape index (κ1) is 23.0. The fraction of sp³-hybridized carbons (Fsp3) is 0.526. The average molecular weight is 494 g/mol. The Bertz CT molecular complexity index is 579. The number of aliphatic imine (C=N–C) groups is 1. The fourth-order valence-electron chi connectivity index (χ4n) is 2.48. The number of benzene rings is 1. The lowest BCUT2D eigenvalue weighted by molar-refractivity contribution is 0.153. The van der Waals surface area contributed by atoms with E-state index in [1.807, 2.05) is 31.2 Å². The van der Waals surface area contributed by atoms with E-state index < -0.39 is 0 Å². The van der Waals surface area contributed by atoms with Crippen LogP contribution < -0.4 is 15.4 Å². The first-order valence-electron chi connectivity index (χ1n) is 8.87. The average Bonchev–Trinajstić information content (AvgIpc) is 2.62. The maximum absolute atomic E-state index is 5.89. The molecule has 146 valence electrons. The van der Waals surface area contributed by atoms with Gasteiger partial charge < -0.3 is 20.1 Å². The molecule has 0 amide bonds. The van der Waals surface area contributed by atoms with E-state index in [2.05, 4.69) is 28.6 Å². The molecule has 1 atom stereocenters. The van der Waals surface area contributed by atoms with Gasteiger partial charge in [0.15, 0.2) is 5.96 Å². The zero-order chi connectivity index (χ0) is 17.9. The van der Waals surface area contributed by atoms with E-state index in [-0.39, 0.29) is 30.1 Å². The quantitative estimate of drug-likeness (QED) is 0.249. The molecule has 2 rings (SSSR count). The van der Waals surface area contributed by atoms with Crippen LogP contribution in [0, 0.1) is 0 Å². The number of hydrogen-bond acceptors (Lipinski definition) is 3. The molecule has 0 radical (unpaired) electrons. The summed E-state index contributed by atoms with van der Waals surface area (Å²) in [6.07, 6.45) is 4.21. The molecular formula is C19H29ClIN3O2. The molecule has 7 heteroatoms. The van der Waals surface area contributed by atoms with Gasteiger partial charge in [0, 0.05) is 18.1 Å². The number of ether oxygens (including phenoxy) is 2. The SMILES string of the molecule is CCNC(=NCC(C)Oc1ccc(Cl)cc1)NCCC1=CCOCC1.I. The molecule has 2 N–H and O–H groups in total. The molecule has 1 heterocycles. The number of nitrogens with zero attached hydrogens (tertiary/aromatic N) is 1. The van der Waals surface area contributed by atoms with Crippen LogP contribution in [0.4, 0.5) is 0 Å². The van der Waals surface area contributed by atoms with Crippen molar-refractivity contribution in [1.82, 2.24) is 10.6 Å². The first-order chi connectivity index (χ1) is 12.2. The van der Waals surface area contributed by atoms with Gasteiger partial charge in [-0.15, -0.1) is 24.0 Å². The van der Waals surface area contributed by atoms with E-state index >= 15 is 0 Å². The van der Waals surface area contributed by atoms with Crippen LogP contribution in [0.5, 0.6) is 5.75 Å². The van der Waals surface area contributed by atoms with E-state index in [1.54, 1.807) is 0 Å². The van der Waals surface area contributed by atoms with Gasteiger partial charge in [-0.3, -0.25) is 0 Å². The summed E-state index contributed by atoms with van der Waals surface area (Å²) < 4.78 is 11.2. The summed E-state index contributed by atoms with van der Waals surface area (Å²) in [6, 6.07) is 7.38. The zero-order valence-electron chi connectivity index (χ0n) is 15.5. The van der Waals surface area contributed by atoms with Crippen LogP contribution in [0.1, 0.15) is 26.7 Å². The molecule has 0 saturated heterocycles. The van der Waals surface area contributed by atoms with Crippen molar-refractivity contribution in [3.63, 3.8) is 0 Å². The molecule has 0 spiro atoms. The second kappa shape index (κ2) is 13.2. The van der Waals surface area contributed by atoms with Gasteiger partial charge in [0.2, 0.25) is 0 Å². The van der Waals surface area contributed by atoms with Crippen LogP contribution in [0.25, 0.3) is 0 Å². The summed E-state index contributed by atoms with van der Waals surface area (Å²) in [7, 11) is 0. The van der Waals surface area contributed by atoms with Gasteiger partial charge in [-0.1, -0.05) is 23.3 Å². The van der Waals surface area contributed by atoms with E-state index in [4.69, 9.17) is 21.1 Å². The fourth-order valence-corrected chi connectivity index (χ4v) is 2.60. The highest BCUT2D eigenvalue weighted by molar-refractivity contribution is 14.0. The molecule has 0 bridgehead atoms. The number of guanidine groups is 1. The monoisotopic (exact) mass is 493 g/mol. The molecule has 0 saturated carbocycles. The normalized spacial score (nSPS) is 15.5. The van der Waals surface area contributed by atoms with Crippen molar-refractivity contribution in [2.24, 2.45) is 4.99 Å². The Labute approximate surface area is 178 Å². The molecule has 5 nitrogen and oxygen atoms in total. The summed E-state index contributed by atoms with van der Waals surface area (Å²) in [5.74, 6) is 1.62. The highest BCUT2D eigenvalue weighted by Gasteiger charge is 2.06. The predicted octanol–water partition coefficient (Wildman–Crippen LogP) is 4.02. The highest BCUT2D eigenvalue weighted by Crippen LogP contribution is 2.16. The van der Waals surface area contributed by atoms with Gasteiger partial charge in [-0.25, -0.2) is 4.99 Å². The number of hydrogen-bond donors (Lipinski definition) is 2. The summed E-state index contributed by atoms with van der Waals surface area (Å²) in [5.41, 5.74) is 1.45. The number of halogens is 2. The smallest absolute Gasteiger partial charge is 0.191 e. The Morgan fingerprint density at radius 1 is 1.31 bits per heavy atom. The first-order valence-corrected chi connectivity index (χ1v) is 9.25. The third-order valence-corrected chi connectivity index (χ3v) is 4.05. The minimum Gasteiger partial charge on any atom is -0.489 e. The van der Waals surface area contributed by atoms with Crippen molar-refractivity contribution in [3.05, 3.63) is 40.9 Å². The minimum absolute atomic E-state index is 0. The molecule has 0 aliphatic carbocycles. The summed E-state index contributed by atoms with van der Waals surface area (Å²) >= 11 is 5.89. The van der Waals surface area contributed by atoms with Crippen LogP contribution in [-0.4, -0.2) is 44.9 Å². The molecule has 1 aliphatic rings. The third-order valence-electron chi connectivity index (χ3n) is 3.80. The highest BCUT2D eigenvalue weighted by atomic mass is 127. The Kier molecular flexibility index (Phi) is 11.7. The molecule has 1 aliphatic heterocycles. The van der Waals surface area contributed by atoms with Crippen LogP contribution in [0.2, 0.25) is 5.02 Å². The summed E-state index contributed by atoms with van der Waals surface area (Å²) in [4.78, 5) is 4.61. The van der Waals surface area contributed by atoms with E-state index in [9.17, 15) is 0 Å². The predicted molar refractivity (Wildman–Crippen MR) is 119 cm³/mol. The van der Waals surface area contributed by atoms with Crippen LogP contribution in [-0.2, 0) is 4.74 Å². The largest absolute Gasteiger partial charge is 0.489 e. The van der Waals surface area contributed by atoms with Crippen LogP contribution in [0.15, 0.2) is 40.9 Å². The van der Waals surface area contributed by atoms with Gasteiger partial charge in [0.1, 0.15) is 11.9 Å².